The monoisotopic (exact) mass is 203 g/mol. The highest BCUT2D eigenvalue weighted by molar-refractivity contribution is 5.81. The second-order valence-electron chi connectivity index (χ2n) is 3.29. The third-order valence-electron chi connectivity index (χ3n) is 2.09. The zero-order valence-electron chi connectivity index (χ0n) is 7.84. The number of aliphatic carboxylic acids is 1. The third-order valence-corrected chi connectivity index (χ3v) is 2.09. The summed E-state index contributed by atoms with van der Waals surface area (Å²) in [5.41, 5.74) is 1.43. The molecule has 0 fully saturated rings. The summed E-state index contributed by atoms with van der Waals surface area (Å²) in [5, 5.41) is 18.6. The van der Waals surface area contributed by atoms with Gasteiger partial charge >= 0.3 is 5.97 Å². The fourth-order valence-corrected chi connectivity index (χ4v) is 1.45. The number of nitrogens with zero attached hydrogens (tertiary/aromatic N) is 1. The quantitative estimate of drug-likeness (QED) is 0.777. The van der Waals surface area contributed by atoms with Gasteiger partial charge in [-0.25, -0.2) is 0 Å². The van der Waals surface area contributed by atoms with E-state index in [9.17, 15) is 9.90 Å². The smallest absolute Gasteiger partial charge is 0.307 e. The summed E-state index contributed by atoms with van der Waals surface area (Å²) in [4.78, 5) is 14.5. The van der Waals surface area contributed by atoms with Gasteiger partial charge in [-0.2, -0.15) is 0 Å². The Labute approximate surface area is 85.8 Å². The molecule has 2 aromatic rings. The molecule has 1 heterocycles. The van der Waals surface area contributed by atoms with Crippen molar-refractivity contribution in [2.75, 3.05) is 0 Å². The first-order valence-electron chi connectivity index (χ1n) is 4.44. The van der Waals surface area contributed by atoms with Crippen LogP contribution in [0.2, 0.25) is 0 Å². The van der Waals surface area contributed by atoms with Gasteiger partial charge in [-0.05, 0) is 23.8 Å². The maximum atomic E-state index is 10.5. The van der Waals surface area contributed by atoms with Crippen LogP contribution in [0.5, 0.6) is 5.75 Å². The highest BCUT2D eigenvalue weighted by Crippen LogP contribution is 2.18. The van der Waals surface area contributed by atoms with E-state index in [1.165, 1.54) is 6.20 Å². The Bertz CT molecular complexity index is 522. The number of hydrogen-bond acceptors (Lipinski definition) is 3. The van der Waals surface area contributed by atoms with Crippen molar-refractivity contribution in [1.29, 1.82) is 0 Å². The van der Waals surface area contributed by atoms with Crippen LogP contribution in [-0.2, 0) is 11.2 Å². The molecule has 0 bridgehead atoms. The topological polar surface area (TPSA) is 70.4 Å². The van der Waals surface area contributed by atoms with Gasteiger partial charge < -0.3 is 10.2 Å². The molecule has 0 aliphatic rings. The van der Waals surface area contributed by atoms with Crippen LogP contribution in [0.1, 0.15) is 5.56 Å². The van der Waals surface area contributed by atoms with Crippen LogP contribution in [0.25, 0.3) is 10.9 Å². The Kier molecular flexibility index (Phi) is 2.25. The molecule has 2 N–H and O–H groups in total. The summed E-state index contributed by atoms with van der Waals surface area (Å²) in [6, 6.07) is 6.75. The maximum Gasteiger partial charge on any atom is 0.307 e. The highest BCUT2D eigenvalue weighted by atomic mass is 16.4. The zero-order chi connectivity index (χ0) is 10.8. The molecule has 0 aliphatic heterocycles. The molecule has 4 heteroatoms. The van der Waals surface area contributed by atoms with E-state index in [-0.39, 0.29) is 12.2 Å². The predicted molar refractivity (Wildman–Crippen MR) is 54.7 cm³/mol. The van der Waals surface area contributed by atoms with E-state index < -0.39 is 5.97 Å². The van der Waals surface area contributed by atoms with E-state index >= 15 is 0 Å². The van der Waals surface area contributed by atoms with Crippen LogP contribution in [0.3, 0.4) is 0 Å². The highest BCUT2D eigenvalue weighted by Gasteiger charge is 2.02. The molecule has 2 rings (SSSR count). The van der Waals surface area contributed by atoms with Gasteiger partial charge in [-0.3, -0.25) is 9.78 Å². The Morgan fingerprint density at radius 1 is 1.33 bits per heavy atom. The van der Waals surface area contributed by atoms with Gasteiger partial charge in [0.25, 0.3) is 0 Å². The number of pyridine rings is 1. The molecule has 76 valence electrons. The summed E-state index contributed by atoms with van der Waals surface area (Å²) >= 11 is 0. The van der Waals surface area contributed by atoms with E-state index in [0.29, 0.717) is 5.56 Å². The number of aromatic nitrogens is 1. The van der Waals surface area contributed by atoms with Crippen molar-refractivity contribution in [2.24, 2.45) is 0 Å². The van der Waals surface area contributed by atoms with Gasteiger partial charge in [0.15, 0.2) is 0 Å². The number of fused-ring (bicyclic) bond motifs is 1. The molecule has 1 aromatic carbocycles. The van der Waals surface area contributed by atoms with E-state index in [1.54, 1.807) is 24.3 Å². The van der Waals surface area contributed by atoms with Crippen LogP contribution in [-0.4, -0.2) is 21.2 Å². The minimum absolute atomic E-state index is 0.0222. The molecule has 0 atom stereocenters. The first-order valence-corrected chi connectivity index (χ1v) is 4.44. The molecule has 1 aromatic heterocycles. The number of carbonyl (C=O) groups is 1. The van der Waals surface area contributed by atoms with Crippen molar-refractivity contribution >= 4 is 16.9 Å². The van der Waals surface area contributed by atoms with Crippen molar-refractivity contribution in [3.05, 3.63) is 36.0 Å². The largest absolute Gasteiger partial charge is 0.506 e. The van der Waals surface area contributed by atoms with Gasteiger partial charge in [0, 0.05) is 5.39 Å². The van der Waals surface area contributed by atoms with Crippen molar-refractivity contribution in [3.8, 4) is 5.75 Å². The molecule has 0 aliphatic carbocycles. The molecule has 0 unspecified atom stereocenters. The number of aromatic hydroxyl groups is 1. The Morgan fingerprint density at radius 3 is 2.87 bits per heavy atom. The summed E-state index contributed by atoms with van der Waals surface area (Å²) in [7, 11) is 0. The Morgan fingerprint density at radius 2 is 2.13 bits per heavy atom. The van der Waals surface area contributed by atoms with Gasteiger partial charge in [0.2, 0.25) is 0 Å². The third kappa shape index (κ3) is 2.04. The summed E-state index contributed by atoms with van der Waals surface area (Å²) in [5.74, 6) is -0.794. The molecule has 0 spiro atoms. The summed E-state index contributed by atoms with van der Waals surface area (Å²) in [6.45, 7) is 0. The Hall–Kier alpha value is -2.10. The summed E-state index contributed by atoms with van der Waals surface area (Å²) in [6.07, 6.45) is 1.34. The lowest BCUT2D eigenvalue weighted by molar-refractivity contribution is -0.136. The SMILES string of the molecule is O=C(O)Cc1ccc2ncc(O)cc2c1. The number of carboxylic acid groups (broad SMARTS) is 1. The normalized spacial score (nSPS) is 10.4. The molecule has 4 nitrogen and oxygen atoms in total. The van der Waals surface area contributed by atoms with E-state index in [0.717, 1.165) is 10.9 Å². The zero-order valence-corrected chi connectivity index (χ0v) is 7.84. The van der Waals surface area contributed by atoms with Gasteiger partial charge in [0.1, 0.15) is 5.75 Å². The number of carboxylic acids is 1. The van der Waals surface area contributed by atoms with Crippen LogP contribution in [0.15, 0.2) is 30.5 Å². The van der Waals surface area contributed by atoms with Crippen LogP contribution < -0.4 is 0 Å². The van der Waals surface area contributed by atoms with E-state index in [1.807, 2.05) is 0 Å². The maximum absolute atomic E-state index is 10.5. The predicted octanol–water partition coefficient (Wildman–Crippen LogP) is 1.57. The number of hydrogen-bond donors (Lipinski definition) is 2. The lowest BCUT2D eigenvalue weighted by atomic mass is 10.1. The molecule has 0 amide bonds. The van der Waals surface area contributed by atoms with Crippen molar-refractivity contribution < 1.29 is 15.0 Å². The minimum Gasteiger partial charge on any atom is -0.506 e. The van der Waals surface area contributed by atoms with Gasteiger partial charge in [-0.1, -0.05) is 6.07 Å². The second-order valence-corrected chi connectivity index (χ2v) is 3.29. The van der Waals surface area contributed by atoms with Crippen molar-refractivity contribution in [1.82, 2.24) is 4.98 Å². The van der Waals surface area contributed by atoms with Gasteiger partial charge in [-0.15, -0.1) is 0 Å². The fraction of sp³-hybridized carbons (Fsp3) is 0.0909. The van der Waals surface area contributed by atoms with Crippen molar-refractivity contribution in [2.45, 2.75) is 6.42 Å². The number of rotatable bonds is 2. The molecular weight excluding hydrogens is 194 g/mol. The average molecular weight is 203 g/mol. The standard InChI is InChI=1S/C11H9NO3/c13-9-5-8-3-7(4-11(14)15)1-2-10(8)12-6-9/h1-3,5-6,13H,4H2,(H,14,15). The minimum atomic E-state index is -0.873. The second kappa shape index (κ2) is 3.57. The molecule has 0 saturated carbocycles. The van der Waals surface area contributed by atoms with E-state index in [4.69, 9.17) is 5.11 Å². The fourth-order valence-electron chi connectivity index (χ4n) is 1.45. The Balaban J connectivity index is 2.49. The van der Waals surface area contributed by atoms with Crippen LogP contribution in [0.4, 0.5) is 0 Å². The molecule has 0 radical (unpaired) electrons. The van der Waals surface area contributed by atoms with E-state index in [2.05, 4.69) is 4.98 Å². The lowest BCUT2D eigenvalue weighted by Gasteiger charge is -2.01. The molecule has 0 saturated heterocycles. The molecule has 15 heavy (non-hydrogen) atoms. The van der Waals surface area contributed by atoms with Crippen molar-refractivity contribution in [3.63, 3.8) is 0 Å². The van der Waals surface area contributed by atoms with Crippen LogP contribution >= 0.6 is 0 Å². The average Bonchev–Trinajstić information content (AvgIpc) is 2.16. The number of benzene rings is 1. The van der Waals surface area contributed by atoms with Crippen LogP contribution in [0, 0.1) is 0 Å². The van der Waals surface area contributed by atoms with Gasteiger partial charge in [0.05, 0.1) is 18.1 Å². The molecular formula is C11H9NO3. The first-order chi connectivity index (χ1) is 7.15. The lowest BCUT2D eigenvalue weighted by Crippen LogP contribution is -1.99. The summed E-state index contributed by atoms with van der Waals surface area (Å²) < 4.78 is 0. The first kappa shape index (κ1) is 9.45.